The van der Waals surface area contributed by atoms with E-state index in [0.717, 1.165) is 44.3 Å². The van der Waals surface area contributed by atoms with Gasteiger partial charge in [-0.1, -0.05) is 24.3 Å². The second kappa shape index (κ2) is 10.9. The SMILES string of the molecule is CCOC(=O)C1CCN(C/C=C2/CN(C(C(=O)C3CC3)c3ccccc3F)CCC2O)CC1. The molecule has 2 aliphatic heterocycles. The summed E-state index contributed by atoms with van der Waals surface area (Å²) in [4.78, 5) is 29.4. The average Bonchev–Trinajstić information content (AvgIpc) is 3.66. The molecule has 2 saturated heterocycles. The van der Waals surface area contributed by atoms with Crippen LogP contribution in [0, 0.1) is 17.7 Å². The number of esters is 1. The number of benzene rings is 1. The standard InChI is InChI=1S/C26H35FN2O4/c1-2-33-26(32)19-9-13-28(14-10-19)15-11-20-17-29(16-12-23(20)30)24(25(31)18-7-8-18)21-5-3-4-6-22(21)27/h3-6,11,18-19,23-24,30H,2,7-10,12-17H2,1H3/b20-11-. The maximum Gasteiger partial charge on any atom is 0.309 e. The zero-order valence-electron chi connectivity index (χ0n) is 19.4. The Kier molecular flexibility index (Phi) is 7.94. The summed E-state index contributed by atoms with van der Waals surface area (Å²) in [5.41, 5.74) is 1.32. The third kappa shape index (κ3) is 5.89. The van der Waals surface area contributed by atoms with E-state index in [1.807, 2.05) is 11.8 Å². The third-order valence-electron chi connectivity index (χ3n) is 7.14. The number of nitrogens with zero attached hydrogens (tertiary/aromatic N) is 2. The van der Waals surface area contributed by atoms with E-state index in [0.29, 0.717) is 38.2 Å². The molecule has 0 aromatic heterocycles. The molecule has 2 atom stereocenters. The highest BCUT2D eigenvalue weighted by atomic mass is 19.1. The first kappa shape index (κ1) is 24.0. The number of likely N-dealkylation sites (tertiary alicyclic amines) is 2. The van der Waals surface area contributed by atoms with Crippen molar-refractivity contribution in [1.82, 2.24) is 9.80 Å². The van der Waals surface area contributed by atoms with E-state index in [-0.39, 0.29) is 29.4 Å². The minimum atomic E-state index is -0.602. The first-order valence-corrected chi connectivity index (χ1v) is 12.3. The summed E-state index contributed by atoms with van der Waals surface area (Å²) in [6.45, 7) is 5.56. The molecule has 0 radical (unpaired) electrons. The number of piperidine rings is 2. The molecule has 1 aliphatic carbocycles. The molecular weight excluding hydrogens is 423 g/mol. The van der Waals surface area contributed by atoms with Crippen molar-refractivity contribution in [3.63, 3.8) is 0 Å². The monoisotopic (exact) mass is 458 g/mol. The highest BCUT2D eigenvalue weighted by Crippen LogP contribution is 2.39. The molecule has 6 nitrogen and oxygen atoms in total. The molecule has 1 saturated carbocycles. The number of rotatable bonds is 8. The molecule has 3 fully saturated rings. The number of carbonyl (C=O) groups is 2. The van der Waals surface area contributed by atoms with Crippen molar-refractivity contribution in [3.05, 3.63) is 47.3 Å². The van der Waals surface area contributed by atoms with Crippen molar-refractivity contribution in [2.75, 3.05) is 39.3 Å². The summed E-state index contributed by atoms with van der Waals surface area (Å²) >= 11 is 0. The zero-order chi connectivity index (χ0) is 23.4. The molecule has 3 aliphatic rings. The number of aliphatic hydroxyl groups is 1. The number of ketones is 1. The van der Waals surface area contributed by atoms with Crippen LogP contribution >= 0.6 is 0 Å². The van der Waals surface area contributed by atoms with Crippen molar-refractivity contribution in [3.8, 4) is 0 Å². The molecule has 33 heavy (non-hydrogen) atoms. The van der Waals surface area contributed by atoms with Crippen LogP contribution < -0.4 is 0 Å². The van der Waals surface area contributed by atoms with Crippen molar-refractivity contribution in [2.24, 2.45) is 11.8 Å². The van der Waals surface area contributed by atoms with Gasteiger partial charge in [0.1, 0.15) is 5.82 Å². The summed E-state index contributed by atoms with van der Waals surface area (Å²) in [6.07, 6.45) is 5.36. The summed E-state index contributed by atoms with van der Waals surface area (Å²) in [7, 11) is 0. The molecule has 2 heterocycles. The van der Waals surface area contributed by atoms with E-state index < -0.39 is 12.1 Å². The van der Waals surface area contributed by atoms with Gasteiger partial charge in [0, 0.05) is 31.1 Å². The minimum Gasteiger partial charge on any atom is -0.466 e. The van der Waals surface area contributed by atoms with E-state index in [4.69, 9.17) is 4.74 Å². The summed E-state index contributed by atoms with van der Waals surface area (Å²) in [6, 6.07) is 5.95. The van der Waals surface area contributed by atoms with Crippen LogP contribution in [0.15, 0.2) is 35.9 Å². The Morgan fingerprint density at radius 2 is 1.85 bits per heavy atom. The first-order valence-electron chi connectivity index (χ1n) is 12.3. The van der Waals surface area contributed by atoms with Crippen LogP contribution in [0.1, 0.15) is 50.6 Å². The van der Waals surface area contributed by atoms with E-state index in [1.54, 1.807) is 18.2 Å². The number of aliphatic hydroxyl groups excluding tert-OH is 1. The Bertz CT molecular complexity index is 877. The largest absolute Gasteiger partial charge is 0.466 e. The van der Waals surface area contributed by atoms with Crippen LogP contribution in [0.4, 0.5) is 4.39 Å². The van der Waals surface area contributed by atoms with Gasteiger partial charge in [0.15, 0.2) is 5.78 Å². The molecule has 180 valence electrons. The van der Waals surface area contributed by atoms with Crippen molar-refractivity contribution < 1.29 is 23.8 Å². The van der Waals surface area contributed by atoms with Crippen molar-refractivity contribution in [1.29, 1.82) is 0 Å². The molecular formula is C26H35FN2O4. The van der Waals surface area contributed by atoms with Gasteiger partial charge in [0.05, 0.1) is 24.7 Å². The van der Waals surface area contributed by atoms with Gasteiger partial charge in [-0.25, -0.2) is 4.39 Å². The number of halogens is 1. The fourth-order valence-electron chi connectivity index (χ4n) is 4.99. The van der Waals surface area contributed by atoms with Crippen LogP contribution in [-0.4, -0.2) is 72.1 Å². The van der Waals surface area contributed by atoms with Crippen LogP contribution in [-0.2, 0) is 14.3 Å². The lowest BCUT2D eigenvalue weighted by Crippen LogP contribution is -2.44. The number of Topliss-reactive ketones (excluding diaryl/α,β-unsaturated/α-hetero) is 1. The van der Waals surface area contributed by atoms with E-state index in [1.165, 1.54) is 6.07 Å². The smallest absolute Gasteiger partial charge is 0.309 e. The predicted octanol–water partition coefficient (Wildman–Crippen LogP) is 3.11. The Balaban J connectivity index is 1.41. The average molecular weight is 459 g/mol. The van der Waals surface area contributed by atoms with Gasteiger partial charge in [-0.2, -0.15) is 0 Å². The van der Waals surface area contributed by atoms with Gasteiger partial charge < -0.3 is 9.84 Å². The maximum absolute atomic E-state index is 14.7. The van der Waals surface area contributed by atoms with E-state index >= 15 is 0 Å². The van der Waals surface area contributed by atoms with Gasteiger partial charge in [-0.05, 0) is 63.8 Å². The van der Waals surface area contributed by atoms with Gasteiger partial charge in [-0.3, -0.25) is 19.4 Å². The van der Waals surface area contributed by atoms with Crippen molar-refractivity contribution >= 4 is 11.8 Å². The van der Waals surface area contributed by atoms with Crippen LogP contribution in [0.25, 0.3) is 0 Å². The lowest BCUT2D eigenvalue weighted by Gasteiger charge is -2.38. The van der Waals surface area contributed by atoms with E-state index in [9.17, 15) is 19.1 Å². The maximum atomic E-state index is 14.7. The second-order valence-corrected chi connectivity index (χ2v) is 9.48. The number of ether oxygens (including phenoxy) is 1. The number of hydrogen-bond acceptors (Lipinski definition) is 6. The Hall–Kier alpha value is -2.09. The molecule has 7 heteroatoms. The van der Waals surface area contributed by atoms with Crippen LogP contribution in [0.2, 0.25) is 0 Å². The molecule has 0 spiro atoms. The summed E-state index contributed by atoms with van der Waals surface area (Å²) in [5, 5.41) is 10.6. The Morgan fingerprint density at radius 1 is 1.12 bits per heavy atom. The predicted molar refractivity (Wildman–Crippen MR) is 123 cm³/mol. The van der Waals surface area contributed by atoms with Gasteiger partial charge >= 0.3 is 5.97 Å². The first-order chi connectivity index (χ1) is 16.0. The normalized spacial score (nSPS) is 25.2. The Morgan fingerprint density at radius 3 is 2.52 bits per heavy atom. The van der Waals surface area contributed by atoms with Crippen molar-refractivity contribution in [2.45, 2.75) is 51.2 Å². The number of carbonyl (C=O) groups excluding carboxylic acids is 2. The molecule has 1 aromatic carbocycles. The minimum absolute atomic E-state index is 0.0228. The fourth-order valence-corrected chi connectivity index (χ4v) is 4.99. The highest BCUT2D eigenvalue weighted by molar-refractivity contribution is 5.89. The molecule has 1 N–H and O–H groups in total. The lowest BCUT2D eigenvalue weighted by atomic mass is 9.92. The Labute approximate surface area is 195 Å². The van der Waals surface area contributed by atoms with Gasteiger partial charge in [-0.15, -0.1) is 0 Å². The lowest BCUT2D eigenvalue weighted by molar-refractivity contribution is -0.149. The molecule has 4 rings (SSSR count). The fraction of sp³-hybridized carbons (Fsp3) is 0.615. The number of hydrogen-bond donors (Lipinski definition) is 1. The topological polar surface area (TPSA) is 70.1 Å². The molecule has 1 aromatic rings. The van der Waals surface area contributed by atoms with Crippen LogP contribution in [0.3, 0.4) is 0 Å². The van der Waals surface area contributed by atoms with E-state index in [2.05, 4.69) is 11.0 Å². The molecule has 2 unspecified atom stereocenters. The highest BCUT2D eigenvalue weighted by Gasteiger charge is 2.41. The summed E-state index contributed by atoms with van der Waals surface area (Å²) < 4.78 is 19.8. The molecule has 0 bridgehead atoms. The van der Waals surface area contributed by atoms with Gasteiger partial charge in [0.2, 0.25) is 0 Å². The zero-order valence-corrected chi connectivity index (χ0v) is 19.4. The van der Waals surface area contributed by atoms with Gasteiger partial charge in [0.25, 0.3) is 0 Å². The van der Waals surface area contributed by atoms with Crippen LogP contribution in [0.5, 0.6) is 0 Å². The summed E-state index contributed by atoms with van der Waals surface area (Å²) in [5.74, 6) is -0.364. The quantitative estimate of drug-likeness (QED) is 0.477. The second-order valence-electron chi connectivity index (χ2n) is 9.48. The molecule has 0 amide bonds. The third-order valence-corrected chi connectivity index (χ3v) is 7.14.